The van der Waals surface area contributed by atoms with E-state index in [9.17, 15) is 28.8 Å². The van der Waals surface area contributed by atoms with Gasteiger partial charge in [-0.15, -0.1) is 0 Å². The summed E-state index contributed by atoms with van der Waals surface area (Å²) in [7, 11) is 0. The van der Waals surface area contributed by atoms with Gasteiger partial charge in [0.15, 0.2) is 0 Å². The molecule has 1 heterocycles. The minimum Gasteiger partial charge on any atom is -0.392 e. The number of aliphatic hydroxyl groups excluding tert-OH is 1. The van der Waals surface area contributed by atoms with Gasteiger partial charge in [0.2, 0.25) is 35.9 Å². The van der Waals surface area contributed by atoms with Crippen LogP contribution in [0, 0.1) is 5.92 Å². The molecule has 1 aliphatic heterocycles. The van der Waals surface area contributed by atoms with Crippen LogP contribution in [-0.4, -0.2) is 99.9 Å². The van der Waals surface area contributed by atoms with Crippen molar-refractivity contribution in [2.45, 2.75) is 32.9 Å². The van der Waals surface area contributed by atoms with Gasteiger partial charge in [0.1, 0.15) is 6.04 Å². The fourth-order valence-electron chi connectivity index (χ4n) is 3.68. The summed E-state index contributed by atoms with van der Waals surface area (Å²) in [5, 5.41) is 16.9. The van der Waals surface area contributed by atoms with Crippen molar-refractivity contribution in [3.05, 3.63) is 42.5 Å². The van der Waals surface area contributed by atoms with Gasteiger partial charge in [-0.1, -0.05) is 32.6 Å². The fourth-order valence-corrected chi connectivity index (χ4v) is 4.41. The Hall–Kier alpha value is -3.91. The van der Waals surface area contributed by atoms with Crippen molar-refractivity contribution in [3.63, 3.8) is 0 Å². The lowest BCUT2D eigenvalue weighted by Gasteiger charge is -2.40. The van der Waals surface area contributed by atoms with E-state index in [4.69, 9.17) is 5.11 Å². The van der Waals surface area contributed by atoms with Gasteiger partial charge in [0, 0.05) is 17.9 Å². The molecule has 218 valence electrons. The third-order valence-electron chi connectivity index (χ3n) is 5.84. The molecule has 0 aromatic heterocycles. The van der Waals surface area contributed by atoms with Crippen molar-refractivity contribution in [1.82, 2.24) is 25.3 Å². The van der Waals surface area contributed by atoms with E-state index in [-0.39, 0.29) is 57.2 Å². The highest BCUT2D eigenvalue weighted by molar-refractivity contribution is 7.99. The van der Waals surface area contributed by atoms with Crippen LogP contribution in [0.2, 0.25) is 0 Å². The van der Waals surface area contributed by atoms with Gasteiger partial charge in [-0.05, 0) is 29.7 Å². The lowest BCUT2D eigenvalue weighted by atomic mass is 10.0. The topological polar surface area (TPSA) is 168 Å². The first-order valence-corrected chi connectivity index (χ1v) is 13.8. The highest BCUT2D eigenvalue weighted by Gasteiger charge is 2.28. The zero-order chi connectivity index (χ0) is 29.7. The van der Waals surface area contributed by atoms with Gasteiger partial charge in [-0.3, -0.25) is 28.8 Å². The summed E-state index contributed by atoms with van der Waals surface area (Å²) in [6, 6.07) is 5.75. The number of hydrogen-bond donors (Lipinski definition) is 4. The lowest BCUT2D eigenvalue weighted by molar-refractivity contribution is -0.151. The molecule has 0 aliphatic carbocycles. The summed E-state index contributed by atoms with van der Waals surface area (Å²) >= 11 is 1.21. The largest absolute Gasteiger partial charge is 0.392 e. The first kappa shape index (κ1) is 32.3. The van der Waals surface area contributed by atoms with Gasteiger partial charge in [-0.2, -0.15) is 11.8 Å². The van der Waals surface area contributed by atoms with E-state index < -0.39 is 29.7 Å². The Morgan fingerprint density at radius 3 is 2.33 bits per heavy atom. The number of amides is 6. The van der Waals surface area contributed by atoms with Crippen LogP contribution >= 0.6 is 11.8 Å². The predicted octanol–water partition coefficient (Wildman–Crippen LogP) is -0.315. The molecule has 1 unspecified atom stereocenters. The Labute approximate surface area is 237 Å². The van der Waals surface area contributed by atoms with Crippen LogP contribution < -0.4 is 16.0 Å². The van der Waals surface area contributed by atoms with Gasteiger partial charge in [0.05, 0.1) is 38.9 Å². The normalized spacial score (nSPS) is 13.8. The monoisotopic (exact) mass is 576 g/mol. The van der Waals surface area contributed by atoms with Crippen LogP contribution in [0.1, 0.15) is 25.8 Å². The second-order valence-electron chi connectivity index (χ2n) is 9.35. The standard InChI is InChI=1S/C26H36N6O7S/c1-4-23(37)31-14-30(17-34)15-32(16-31)24(38)9-10-40-13-22(36)29-25(18(2)3)26(39)27-11-21(35)28-20-7-5-19(12-33)6-8-20/h4-8,17-18,25,33H,1,9-16H2,2-3H3,(H,27,39)(H,28,35)(H,29,36). The molecule has 0 saturated carbocycles. The molecule has 1 saturated heterocycles. The molecule has 0 radical (unpaired) electrons. The number of nitrogens with zero attached hydrogens (tertiary/aromatic N) is 3. The Balaban J connectivity index is 1.75. The van der Waals surface area contributed by atoms with E-state index in [2.05, 4.69) is 22.5 Å². The van der Waals surface area contributed by atoms with Crippen molar-refractivity contribution < 1.29 is 33.9 Å². The lowest BCUT2D eigenvalue weighted by Crippen LogP contribution is -2.57. The van der Waals surface area contributed by atoms with Crippen LogP contribution in [0.3, 0.4) is 0 Å². The number of carbonyl (C=O) groups is 6. The molecule has 6 amide bonds. The maximum atomic E-state index is 12.6. The average molecular weight is 577 g/mol. The van der Waals surface area contributed by atoms with Crippen LogP contribution in [0.4, 0.5) is 5.69 Å². The molecule has 0 bridgehead atoms. The number of anilines is 1. The van der Waals surface area contributed by atoms with Crippen molar-refractivity contribution >= 4 is 53.4 Å². The third kappa shape index (κ3) is 10.3. The maximum Gasteiger partial charge on any atom is 0.248 e. The van der Waals surface area contributed by atoms with Crippen LogP contribution in [-0.2, 0) is 35.4 Å². The minimum atomic E-state index is -0.859. The molecule has 14 heteroatoms. The molecule has 1 fully saturated rings. The van der Waals surface area contributed by atoms with E-state index >= 15 is 0 Å². The second-order valence-corrected chi connectivity index (χ2v) is 10.5. The summed E-state index contributed by atoms with van der Waals surface area (Å²) in [6.07, 6.45) is 1.77. The number of rotatable bonds is 14. The molecular weight excluding hydrogens is 540 g/mol. The molecule has 1 atom stereocenters. The number of thioether (sulfide) groups is 1. The average Bonchev–Trinajstić information content (AvgIpc) is 2.96. The van der Waals surface area contributed by atoms with Crippen molar-refractivity contribution in [3.8, 4) is 0 Å². The molecule has 1 aliphatic rings. The summed E-state index contributed by atoms with van der Waals surface area (Å²) in [4.78, 5) is 77.0. The Kier molecular flexibility index (Phi) is 13.1. The quantitative estimate of drug-likeness (QED) is 0.133. The van der Waals surface area contributed by atoms with E-state index in [1.807, 2.05) is 0 Å². The van der Waals surface area contributed by atoms with E-state index in [1.165, 1.54) is 26.5 Å². The van der Waals surface area contributed by atoms with E-state index in [0.717, 1.165) is 6.08 Å². The third-order valence-corrected chi connectivity index (χ3v) is 6.80. The van der Waals surface area contributed by atoms with Gasteiger partial charge >= 0.3 is 0 Å². The van der Waals surface area contributed by atoms with E-state index in [0.29, 0.717) is 23.4 Å². The van der Waals surface area contributed by atoms with E-state index in [1.54, 1.807) is 38.1 Å². The summed E-state index contributed by atoms with van der Waals surface area (Å²) < 4.78 is 0. The molecule has 13 nitrogen and oxygen atoms in total. The molecule has 1 aromatic rings. The maximum absolute atomic E-state index is 12.6. The Bertz CT molecular complexity index is 1080. The molecule has 40 heavy (non-hydrogen) atoms. The number of benzene rings is 1. The van der Waals surface area contributed by atoms with Crippen LogP contribution in [0.15, 0.2) is 36.9 Å². The highest BCUT2D eigenvalue weighted by atomic mass is 32.2. The Morgan fingerprint density at radius 1 is 1.05 bits per heavy atom. The SMILES string of the molecule is C=CC(=O)N1CN(C=O)CN(C(=O)CCSCC(=O)NC(C(=O)NCC(=O)Nc2ccc(CO)cc2)C(C)C)C1. The van der Waals surface area contributed by atoms with Crippen molar-refractivity contribution in [2.24, 2.45) is 5.92 Å². The van der Waals surface area contributed by atoms with Crippen molar-refractivity contribution in [2.75, 3.05) is 43.4 Å². The second kappa shape index (κ2) is 16.3. The molecule has 2 rings (SSSR count). The number of carbonyl (C=O) groups excluding carboxylic acids is 6. The van der Waals surface area contributed by atoms with Gasteiger partial charge < -0.3 is 35.8 Å². The first-order valence-electron chi connectivity index (χ1n) is 12.6. The van der Waals surface area contributed by atoms with Crippen LogP contribution in [0.5, 0.6) is 0 Å². The minimum absolute atomic E-state index is 0.00956. The summed E-state index contributed by atoms with van der Waals surface area (Å²) in [6.45, 7) is 6.73. The van der Waals surface area contributed by atoms with Gasteiger partial charge in [0.25, 0.3) is 0 Å². The zero-order valence-electron chi connectivity index (χ0n) is 22.6. The smallest absolute Gasteiger partial charge is 0.248 e. The molecule has 4 N–H and O–H groups in total. The number of aliphatic hydroxyl groups is 1. The van der Waals surface area contributed by atoms with Gasteiger partial charge in [-0.25, -0.2) is 0 Å². The predicted molar refractivity (Wildman–Crippen MR) is 149 cm³/mol. The molecular formula is C26H36N6O7S. The van der Waals surface area contributed by atoms with Crippen LogP contribution in [0.25, 0.3) is 0 Å². The highest BCUT2D eigenvalue weighted by Crippen LogP contribution is 2.12. The number of nitrogens with one attached hydrogen (secondary N) is 3. The number of hydrogen-bond acceptors (Lipinski definition) is 8. The zero-order valence-corrected chi connectivity index (χ0v) is 23.4. The summed E-state index contributed by atoms with van der Waals surface area (Å²) in [5.74, 6) is -1.93. The summed E-state index contributed by atoms with van der Waals surface area (Å²) in [5.41, 5.74) is 1.22. The van der Waals surface area contributed by atoms with Crippen molar-refractivity contribution in [1.29, 1.82) is 0 Å². The molecule has 0 spiro atoms. The Morgan fingerprint density at radius 2 is 1.73 bits per heavy atom. The molecule has 1 aromatic carbocycles. The first-order chi connectivity index (χ1) is 19.1. The fraction of sp³-hybridized carbons (Fsp3) is 0.462.